The van der Waals surface area contributed by atoms with Crippen LogP contribution in [0.4, 0.5) is 17.2 Å². The molecule has 0 radical (unpaired) electrons. The lowest BCUT2D eigenvalue weighted by molar-refractivity contribution is 0.144. The van der Waals surface area contributed by atoms with Gasteiger partial charge >= 0.3 is 0 Å². The predicted molar refractivity (Wildman–Crippen MR) is 184 cm³/mol. The van der Waals surface area contributed by atoms with Crippen molar-refractivity contribution in [2.24, 2.45) is 12.5 Å². The molecule has 0 bridgehead atoms. The fraction of sp³-hybridized carbons (Fsp3) is 0.400. The number of hydrogen-bond donors (Lipinski definition) is 2. The number of methoxy groups -OCH3 is 1. The molecular weight excluding hydrogens is 610 g/mol. The summed E-state index contributed by atoms with van der Waals surface area (Å²) in [5.74, 6) is 0.831. The zero-order chi connectivity index (χ0) is 33.6. The molecule has 13 heteroatoms. The minimum Gasteiger partial charge on any atom is -0.392 e. The van der Waals surface area contributed by atoms with E-state index in [2.05, 4.69) is 44.0 Å². The second-order valence-electron chi connectivity index (χ2n) is 13.4. The summed E-state index contributed by atoms with van der Waals surface area (Å²) < 4.78 is 9.90. The molecule has 0 amide bonds. The van der Waals surface area contributed by atoms with Gasteiger partial charge in [0.1, 0.15) is 22.8 Å². The van der Waals surface area contributed by atoms with Crippen molar-refractivity contribution < 1.29 is 9.84 Å². The highest BCUT2D eigenvalue weighted by Crippen LogP contribution is 2.37. The summed E-state index contributed by atoms with van der Waals surface area (Å²) >= 11 is 0. The Kier molecular flexibility index (Phi) is 8.36. The average molecular weight is 652 g/mol. The van der Waals surface area contributed by atoms with E-state index in [9.17, 15) is 14.7 Å². The van der Waals surface area contributed by atoms with Crippen LogP contribution in [0.5, 0.6) is 0 Å². The van der Waals surface area contributed by atoms with Gasteiger partial charge in [0, 0.05) is 82.3 Å². The fourth-order valence-electron chi connectivity index (χ4n) is 6.98. The lowest BCUT2D eigenvalue weighted by Crippen LogP contribution is -2.47. The van der Waals surface area contributed by atoms with E-state index in [1.165, 1.54) is 20.5 Å². The number of hydrogen-bond acceptors (Lipinski definition) is 10. The number of piperazine rings is 1. The van der Waals surface area contributed by atoms with Gasteiger partial charge in [-0.2, -0.15) is 5.10 Å². The smallest absolute Gasteiger partial charge is 0.290 e. The SMILES string of the molecule is COCCN1CCN(c2ccc(Nc3cc(-c4ccnc(-n5ccn6c7c(cc6c5=O)CC(C)(C)C7)c4CO)nn(C)c3=O)nc2)CC1. The third-order valence-corrected chi connectivity index (χ3v) is 9.47. The molecule has 7 rings (SSSR count). The van der Waals surface area contributed by atoms with Crippen LogP contribution in [0.25, 0.3) is 22.6 Å². The van der Waals surface area contributed by atoms with Gasteiger partial charge in [-0.3, -0.25) is 19.1 Å². The number of aryl methyl sites for hydroxylation is 1. The molecular formula is C35H41N9O4. The molecule has 48 heavy (non-hydrogen) atoms. The molecule has 2 N–H and O–H groups in total. The molecule has 250 valence electrons. The van der Waals surface area contributed by atoms with Gasteiger partial charge in [-0.25, -0.2) is 14.6 Å². The molecule has 1 fully saturated rings. The second kappa shape index (κ2) is 12.6. The van der Waals surface area contributed by atoms with Gasteiger partial charge < -0.3 is 24.5 Å². The zero-order valence-electron chi connectivity index (χ0n) is 27.8. The number of pyridine rings is 2. The number of anilines is 3. The number of aromatic nitrogens is 6. The average Bonchev–Trinajstić information content (AvgIpc) is 3.58. The Morgan fingerprint density at radius 3 is 2.54 bits per heavy atom. The van der Waals surface area contributed by atoms with Crippen molar-refractivity contribution >= 4 is 22.7 Å². The molecule has 0 spiro atoms. The number of aliphatic hydroxyl groups is 1. The number of aliphatic hydroxyl groups excluding tert-OH is 1. The zero-order valence-corrected chi connectivity index (χ0v) is 27.8. The normalized spacial score (nSPS) is 16.1. The van der Waals surface area contributed by atoms with E-state index in [0.29, 0.717) is 34.0 Å². The Balaban J connectivity index is 1.16. The van der Waals surface area contributed by atoms with Crippen molar-refractivity contribution in [3.05, 3.63) is 92.6 Å². The predicted octanol–water partition coefficient (Wildman–Crippen LogP) is 2.77. The van der Waals surface area contributed by atoms with E-state index in [-0.39, 0.29) is 22.2 Å². The third kappa shape index (κ3) is 5.89. The van der Waals surface area contributed by atoms with Crippen LogP contribution < -0.4 is 21.3 Å². The van der Waals surface area contributed by atoms with Crippen LogP contribution in [0.1, 0.15) is 30.7 Å². The molecule has 1 aliphatic carbocycles. The van der Waals surface area contributed by atoms with Crippen LogP contribution in [0, 0.1) is 5.41 Å². The van der Waals surface area contributed by atoms with Crippen molar-refractivity contribution in [1.82, 2.24) is 33.6 Å². The van der Waals surface area contributed by atoms with Crippen LogP contribution >= 0.6 is 0 Å². The van der Waals surface area contributed by atoms with E-state index < -0.39 is 6.61 Å². The van der Waals surface area contributed by atoms with Crippen LogP contribution in [0.3, 0.4) is 0 Å². The number of ether oxygens (including phenoxy) is 1. The first-order valence-electron chi connectivity index (χ1n) is 16.3. The van der Waals surface area contributed by atoms with Gasteiger partial charge in [-0.15, -0.1) is 0 Å². The van der Waals surface area contributed by atoms with Crippen LogP contribution in [-0.2, 0) is 31.2 Å². The lowest BCUT2D eigenvalue weighted by Gasteiger charge is -2.35. The highest BCUT2D eigenvalue weighted by atomic mass is 16.5. The maximum absolute atomic E-state index is 13.8. The quantitative estimate of drug-likeness (QED) is 0.245. The molecule has 0 unspecified atom stereocenters. The van der Waals surface area contributed by atoms with Crippen LogP contribution in [0.15, 0.2) is 64.7 Å². The molecule has 5 aromatic rings. The summed E-state index contributed by atoms with van der Waals surface area (Å²) in [6, 6.07) is 9.20. The first-order chi connectivity index (χ1) is 23.2. The van der Waals surface area contributed by atoms with E-state index in [4.69, 9.17) is 4.74 Å². The van der Waals surface area contributed by atoms with Gasteiger partial charge in [-0.1, -0.05) is 13.8 Å². The molecule has 6 heterocycles. The summed E-state index contributed by atoms with van der Waals surface area (Å²) in [5, 5.41) is 18.3. The minimum atomic E-state index is -0.390. The number of fused-ring (bicyclic) bond motifs is 3. The number of nitrogens with zero attached hydrogens (tertiary/aromatic N) is 8. The Bertz CT molecular complexity index is 2090. The Morgan fingerprint density at radius 1 is 1.00 bits per heavy atom. The Morgan fingerprint density at radius 2 is 1.81 bits per heavy atom. The summed E-state index contributed by atoms with van der Waals surface area (Å²) in [7, 11) is 3.30. The highest BCUT2D eigenvalue weighted by molar-refractivity contribution is 5.71. The molecule has 2 aliphatic rings. The fourth-order valence-corrected chi connectivity index (χ4v) is 6.98. The van der Waals surface area contributed by atoms with Gasteiger partial charge in [0.15, 0.2) is 0 Å². The molecule has 0 saturated carbocycles. The van der Waals surface area contributed by atoms with E-state index in [1.54, 1.807) is 38.7 Å². The second-order valence-corrected chi connectivity index (χ2v) is 13.4. The van der Waals surface area contributed by atoms with Crippen molar-refractivity contribution in [2.75, 3.05) is 56.7 Å². The van der Waals surface area contributed by atoms with E-state index in [0.717, 1.165) is 57.9 Å². The van der Waals surface area contributed by atoms with Gasteiger partial charge in [0.2, 0.25) is 0 Å². The largest absolute Gasteiger partial charge is 0.392 e. The topological polar surface area (TPSA) is 135 Å². The molecule has 1 saturated heterocycles. The minimum absolute atomic E-state index is 0.164. The molecule has 5 aromatic heterocycles. The van der Waals surface area contributed by atoms with Crippen molar-refractivity contribution in [2.45, 2.75) is 33.3 Å². The van der Waals surface area contributed by atoms with Crippen LogP contribution in [-0.4, -0.2) is 85.2 Å². The highest BCUT2D eigenvalue weighted by Gasteiger charge is 2.32. The number of rotatable bonds is 9. The maximum atomic E-state index is 13.8. The van der Waals surface area contributed by atoms with Crippen LogP contribution in [0.2, 0.25) is 0 Å². The molecule has 13 nitrogen and oxygen atoms in total. The van der Waals surface area contributed by atoms with E-state index in [1.807, 2.05) is 35.0 Å². The van der Waals surface area contributed by atoms with Crippen molar-refractivity contribution in [3.8, 4) is 17.1 Å². The third-order valence-electron chi connectivity index (χ3n) is 9.47. The van der Waals surface area contributed by atoms with Crippen molar-refractivity contribution in [3.63, 3.8) is 0 Å². The first-order valence-corrected chi connectivity index (χ1v) is 16.3. The monoisotopic (exact) mass is 651 g/mol. The Hall–Kier alpha value is -4.85. The first kappa shape index (κ1) is 31.7. The standard InChI is InChI=1S/C35H41N9O4/c1-35(2)19-23-17-29-34(47)44(14-13-43(29)30(23)20-35)32-26(22-45)25(7-8-36-32)27-18-28(33(46)40(3)39-27)38-31-6-5-24(21-37-31)42-11-9-41(10-12-42)15-16-48-4/h5-8,13-14,17-18,21,45H,9-12,15-16,19-20,22H2,1-4H3,(H,37,38). The summed E-state index contributed by atoms with van der Waals surface area (Å²) in [5.41, 5.74) is 5.26. The Labute approximate surface area is 278 Å². The van der Waals surface area contributed by atoms with Gasteiger partial charge in [-0.05, 0) is 54.2 Å². The molecule has 0 atom stereocenters. The summed E-state index contributed by atoms with van der Waals surface area (Å²) in [6.07, 6.45) is 8.80. The summed E-state index contributed by atoms with van der Waals surface area (Å²) in [4.78, 5) is 40.7. The molecule has 0 aromatic carbocycles. The van der Waals surface area contributed by atoms with E-state index >= 15 is 0 Å². The maximum Gasteiger partial charge on any atom is 0.290 e. The van der Waals surface area contributed by atoms with Crippen molar-refractivity contribution in [1.29, 1.82) is 0 Å². The summed E-state index contributed by atoms with van der Waals surface area (Å²) in [6.45, 7) is 9.46. The van der Waals surface area contributed by atoms with Gasteiger partial charge in [0.25, 0.3) is 11.1 Å². The molecule has 1 aliphatic heterocycles. The number of nitrogens with one attached hydrogen (secondary N) is 1. The van der Waals surface area contributed by atoms with Gasteiger partial charge in [0.05, 0.1) is 30.8 Å². The lowest BCUT2D eigenvalue weighted by atomic mass is 9.90.